The van der Waals surface area contributed by atoms with Crippen LogP contribution in [0.5, 0.6) is 5.75 Å². The molecular weight excluding hydrogens is 487 g/mol. The molecule has 0 spiro atoms. The van der Waals surface area contributed by atoms with Crippen molar-refractivity contribution in [2.24, 2.45) is 4.99 Å². The zero-order valence-electron chi connectivity index (χ0n) is 14.8. The third-order valence-electron chi connectivity index (χ3n) is 3.71. The van der Waals surface area contributed by atoms with E-state index in [4.69, 9.17) is 0 Å². The molecule has 0 saturated carbocycles. The molecule has 146 valence electrons. The monoisotopic (exact) mass is 507 g/mol. The highest BCUT2D eigenvalue weighted by molar-refractivity contribution is 14.0. The Bertz CT molecular complexity index is 852. The average Bonchev–Trinajstić information content (AvgIpc) is 3.18. The van der Waals surface area contributed by atoms with Gasteiger partial charge in [0, 0.05) is 38.4 Å². The lowest BCUT2D eigenvalue weighted by atomic mass is 10.2. The third kappa shape index (κ3) is 5.76. The van der Waals surface area contributed by atoms with Gasteiger partial charge in [-0.1, -0.05) is 12.1 Å². The molecule has 2 heterocycles. The second-order valence-electron chi connectivity index (χ2n) is 5.60. The van der Waals surface area contributed by atoms with Gasteiger partial charge in [-0.2, -0.15) is 8.78 Å². The van der Waals surface area contributed by atoms with Crippen LogP contribution in [0.25, 0.3) is 4.96 Å². The molecule has 0 saturated heterocycles. The Balaban J connectivity index is 0.00000261. The molecule has 0 unspecified atom stereocenters. The van der Waals surface area contributed by atoms with Crippen molar-refractivity contribution in [3.8, 4) is 5.75 Å². The van der Waals surface area contributed by atoms with Gasteiger partial charge < -0.3 is 15.0 Å². The molecule has 1 aromatic carbocycles. The Morgan fingerprint density at radius 1 is 1.37 bits per heavy atom. The van der Waals surface area contributed by atoms with E-state index in [1.807, 2.05) is 34.1 Å². The van der Waals surface area contributed by atoms with E-state index in [0.29, 0.717) is 19.0 Å². The van der Waals surface area contributed by atoms with Gasteiger partial charge in [0.25, 0.3) is 0 Å². The van der Waals surface area contributed by atoms with Gasteiger partial charge in [-0.05, 0) is 17.7 Å². The van der Waals surface area contributed by atoms with Crippen LogP contribution in [0.2, 0.25) is 0 Å². The van der Waals surface area contributed by atoms with Crippen molar-refractivity contribution in [3.05, 3.63) is 53.3 Å². The SMILES string of the molecule is CN=C(NCc1cn2ccsc2n1)N(C)Cc1ccc(OC(F)F)cc1.I. The third-order valence-corrected chi connectivity index (χ3v) is 4.48. The molecule has 0 amide bonds. The highest BCUT2D eigenvalue weighted by Gasteiger charge is 2.09. The molecule has 27 heavy (non-hydrogen) atoms. The van der Waals surface area contributed by atoms with Crippen molar-refractivity contribution in [1.82, 2.24) is 19.6 Å². The molecular formula is C17H20F2IN5OS. The number of halogens is 3. The zero-order chi connectivity index (χ0) is 18.5. The molecule has 3 rings (SSSR count). The number of aromatic nitrogens is 2. The number of guanidine groups is 1. The summed E-state index contributed by atoms with van der Waals surface area (Å²) >= 11 is 1.59. The van der Waals surface area contributed by atoms with Gasteiger partial charge in [0.05, 0.1) is 12.2 Å². The zero-order valence-corrected chi connectivity index (χ0v) is 17.9. The van der Waals surface area contributed by atoms with E-state index in [2.05, 4.69) is 20.0 Å². The molecule has 0 aliphatic rings. The molecule has 6 nitrogen and oxygen atoms in total. The minimum Gasteiger partial charge on any atom is -0.435 e. The van der Waals surface area contributed by atoms with Gasteiger partial charge in [0.15, 0.2) is 10.9 Å². The maximum atomic E-state index is 12.2. The number of rotatable bonds is 6. The van der Waals surface area contributed by atoms with Crippen LogP contribution in [0, 0.1) is 0 Å². The predicted octanol–water partition coefficient (Wildman–Crippen LogP) is 3.82. The van der Waals surface area contributed by atoms with E-state index in [9.17, 15) is 8.78 Å². The first kappa shape index (κ1) is 21.4. The van der Waals surface area contributed by atoms with Crippen molar-refractivity contribution in [1.29, 1.82) is 0 Å². The first-order chi connectivity index (χ1) is 12.5. The summed E-state index contributed by atoms with van der Waals surface area (Å²) < 4.78 is 30.7. The fourth-order valence-electron chi connectivity index (χ4n) is 2.54. The molecule has 0 radical (unpaired) electrons. The summed E-state index contributed by atoms with van der Waals surface area (Å²) in [7, 11) is 3.62. The quantitative estimate of drug-likeness (QED) is 0.313. The smallest absolute Gasteiger partial charge is 0.387 e. The minimum atomic E-state index is -2.82. The van der Waals surface area contributed by atoms with Crippen LogP contribution in [-0.2, 0) is 13.1 Å². The van der Waals surface area contributed by atoms with Crippen LogP contribution in [-0.4, -0.2) is 41.0 Å². The Morgan fingerprint density at radius 3 is 2.74 bits per heavy atom. The molecule has 10 heteroatoms. The van der Waals surface area contributed by atoms with Crippen LogP contribution < -0.4 is 10.1 Å². The molecule has 0 fully saturated rings. The van der Waals surface area contributed by atoms with Crippen LogP contribution in [0.3, 0.4) is 0 Å². The number of benzene rings is 1. The van der Waals surface area contributed by atoms with Crippen LogP contribution in [0.15, 0.2) is 47.0 Å². The summed E-state index contributed by atoms with van der Waals surface area (Å²) in [6.07, 6.45) is 3.95. The van der Waals surface area contributed by atoms with Crippen molar-refractivity contribution >= 4 is 46.2 Å². The molecule has 0 atom stereocenters. The Kier molecular flexibility index (Phi) is 7.78. The summed E-state index contributed by atoms with van der Waals surface area (Å²) in [5, 5.41) is 5.26. The van der Waals surface area contributed by atoms with Gasteiger partial charge in [-0.25, -0.2) is 4.98 Å². The van der Waals surface area contributed by atoms with Gasteiger partial charge in [-0.15, -0.1) is 35.3 Å². The van der Waals surface area contributed by atoms with E-state index >= 15 is 0 Å². The maximum absolute atomic E-state index is 12.2. The van der Waals surface area contributed by atoms with Crippen LogP contribution in [0.1, 0.15) is 11.3 Å². The number of hydrogen-bond donors (Lipinski definition) is 1. The minimum absolute atomic E-state index is 0. The van der Waals surface area contributed by atoms with E-state index in [1.54, 1.807) is 30.5 Å². The number of thiazole rings is 1. The first-order valence-electron chi connectivity index (χ1n) is 7.92. The van der Waals surface area contributed by atoms with E-state index in [0.717, 1.165) is 16.2 Å². The van der Waals surface area contributed by atoms with Crippen molar-refractivity contribution in [2.75, 3.05) is 14.1 Å². The highest BCUT2D eigenvalue weighted by atomic mass is 127. The highest BCUT2D eigenvalue weighted by Crippen LogP contribution is 2.16. The number of imidazole rings is 1. The van der Waals surface area contributed by atoms with Gasteiger partial charge in [-0.3, -0.25) is 9.39 Å². The molecule has 0 aliphatic carbocycles. The Morgan fingerprint density at radius 2 is 2.11 bits per heavy atom. The summed E-state index contributed by atoms with van der Waals surface area (Å²) in [6.45, 7) is -1.68. The molecule has 0 aliphatic heterocycles. The number of ether oxygens (including phenoxy) is 1. The topological polar surface area (TPSA) is 54.2 Å². The van der Waals surface area contributed by atoms with Gasteiger partial charge in [0.2, 0.25) is 0 Å². The Labute approximate surface area is 176 Å². The Hall–Kier alpha value is -1.95. The number of fused-ring (bicyclic) bond motifs is 1. The lowest BCUT2D eigenvalue weighted by Crippen LogP contribution is -2.38. The summed E-state index contributed by atoms with van der Waals surface area (Å²) in [5.74, 6) is 0.864. The first-order valence-corrected chi connectivity index (χ1v) is 8.79. The van der Waals surface area contributed by atoms with Crippen molar-refractivity contribution < 1.29 is 13.5 Å². The van der Waals surface area contributed by atoms with E-state index in [-0.39, 0.29) is 29.7 Å². The van der Waals surface area contributed by atoms with Crippen molar-refractivity contribution in [2.45, 2.75) is 19.7 Å². The predicted molar refractivity (Wildman–Crippen MR) is 113 cm³/mol. The average molecular weight is 507 g/mol. The summed E-state index contributed by atoms with van der Waals surface area (Å²) in [4.78, 5) is 11.7. The fraction of sp³-hybridized carbons (Fsp3) is 0.294. The van der Waals surface area contributed by atoms with E-state index in [1.165, 1.54) is 12.1 Å². The normalized spacial score (nSPS) is 11.5. The number of alkyl halides is 2. The molecule has 0 bridgehead atoms. The second kappa shape index (κ2) is 9.83. The molecule has 2 aromatic heterocycles. The number of nitrogens with one attached hydrogen (secondary N) is 1. The van der Waals surface area contributed by atoms with Gasteiger partial charge >= 0.3 is 6.61 Å². The van der Waals surface area contributed by atoms with Gasteiger partial charge in [0.1, 0.15) is 5.75 Å². The summed E-state index contributed by atoms with van der Waals surface area (Å²) in [5.41, 5.74) is 1.89. The van der Waals surface area contributed by atoms with Crippen LogP contribution in [0.4, 0.5) is 8.78 Å². The van der Waals surface area contributed by atoms with E-state index < -0.39 is 6.61 Å². The summed E-state index contributed by atoms with van der Waals surface area (Å²) in [6, 6.07) is 6.57. The number of nitrogens with zero attached hydrogens (tertiary/aromatic N) is 4. The lowest BCUT2D eigenvalue weighted by Gasteiger charge is -2.22. The molecule has 1 N–H and O–H groups in total. The standard InChI is InChI=1S/C17H19F2N5OS.HI/c1-20-16(21-9-13-11-24-7-8-26-17(24)22-13)23(2)10-12-3-5-14(6-4-12)25-15(18)19;/h3-8,11,15H,9-10H2,1-2H3,(H,20,21);1H. The fourth-order valence-corrected chi connectivity index (χ4v) is 3.26. The number of hydrogen-bond acceptors (Lipinski definition) is 4. The second-order valence-corrected chi connectivity index (χ2v) is 6.48. The molecule has 3 aromatic rings. The lowest BCUT2D eigenvalue weighted by molar-refractivity contribution is -0.0498. The number of aliphatic imine (C=N–C) groups is 1. The van der Waals surface area contributed by atoms with Crippen LogP contribution >= 0.6 is 35.3 Å². The van der Waals surface area contributed by atoms with Crippen molar-refractivity contribution in [3.63, 3.8) is 0 Å². The maximum Gasteiger partial charge on any atom is 0.387 e. The largest absolute Gasteiger partial charge is 0.435 e.